The number of ether oxygens (including phenoxy) is 1. The van der Waals surface area contributed by atoms with Crippen LogP contribution in [0.2, 0.25) is 0 Å². The van der Waals surface area contributed by atoms with E-state index in [2.05, 4.69) is 20.4 Å². The molecule has 11 nitrogen and oxygen atoms in total. The number of amides is 1. The van der Waals surface area contributed by atoms with E-state index in [4.69, 9.17) is 11.5 Å². The maximum atomic E-state index is 12.5. The Labute approximate surface area is 217 Å². The van der Waals surface area contributed by atoms with Crippen LogP contribution in [-0.4, -0.2) is 71.2 Å². The predicted octanol–water partition coefficient (Wildman–Crippen LogP) is 1.74. The highest BCUT2D eigenvalue weighted by Gasteiger charge is 2.31. The predicted molar refractivity (Wildman–Crippen MR) is 134 cm³/mol. The fourth-order valence-corrected chi connectivity index (χ4v) is 3.85. The summed E-state index contributed by atoms with van der Waals surface area (Å²) >= 11 is 0. The fourth-order valence-electron chi connectivity index (χ4n) is 3.85. The summed E-state index contributed by atoms with van der Waals surface area (Å²) in [5.74, 6) is -0.376. The van der Waals surface area contributed by atoms with Gasteiger partial charge in [-0.05, 0) is 43.5 Å². The third-order valence-electron chi connectivity index (χ3n) is 5.70. The van der Waals surface area contributed by atoms with Crippen molar-refractivity contribution in [3.63, 3.8) is 0 Å². The number of carbonyl (C=O) groups is 2. The minimum atomic E-state index is -4.74. The number of piperazine rings is 1. The summed E-state index contributed by atoms with van der Waals surface area (Å²) in [5, 5.41) is 10.2. The van der Waals surface area contributed by atoms with Crippen molar-refractivity contribution >= 4 is 17.9 Å². The second-order valence-corrected chi connectivity index (χ2v) is 8.70. The first kappa shape index (κ1) is 28.5. The SMILES string of the molecule is N/C(=C\C=C(/N)NC(=O)CN1CCN(c2cccc(OC(F)(F)F)c2)CC1)CCCCn1cc(C=O)nn1. The summed E-state index contributed by atoms with van der Waals surface area (Å²) in [4.78, 5) is 26.9. The Kier molecular flexibility index (Phi) is 10.1. The van der Waals surface area contributed by atoms with E-state index in [9.17, 15) is 22.8 Å². The second kappa shape index (κ2) is 13.5. The molecule has 0 unspecified atom stereocenters. The molecule has 38 heavy (non-hydrogen) atoms. The molecule has 0 spiro atoms. The Morgan fingerprint density at radius 3 is 2.58 bits per heavy atom. The molecule has 1 aliphatic heterocycles. The summed E-state index contributed by atoms with van der Waals surface area (Å²) in [6.07, 6.45) is 2.88. The lowest BCUT2D eigenvalue weighted by molar-refractivity contribution is -0.274. The van der Waals surface area contributed by atoms with E-state index in [0.29, 0.717) is 62.5 Å². The second-order valence-electron chi connectivity index (χ2n) is 8.70. The largest absolute Gasteiger partial charge is 0.573 e. The molecule has 5 N–H and O–H groups in total. The maximum Gasteiger partial charge on any atom is 0.573 e. The van der Waals surface area contributed by atoms with Gasteiger partial charge in [0.25, 0.3) is 0 Å². The van der Waals surface area contributed by atoms with Crippen molar-refractivity contribution in [3.8, 4) is 5.75 Å². The zero-order chi connectivity index (χ0) is 27.5. The van der Waals surface area contributed by atoms with Crippen molar-refractivity contribution in [1.29, 1.82) is 0 Å². The van der Waals surface area contributed by atoms with Gasteiger partial charge in [0.05, 0.1) is 12.7 Å². The van der Waals surface area contributed by atoms with Crippen molar-refractivity contribution in [1.82, 2.24) is 25.2 Å². The summed E-state index contributed by atoms with van der Waals surface area (Å²) in [5.41, 5.74) is 13.4. The summed E-state index contributed by atoms with van der Waals surface area (Å²) < 4.78 is 43.0. The van der Waals surface area contributed by atoms with Crippen LogP contribution in [0.1, 0.15) is 29.8 Å². The molecule has 1 amide bonds. The molecule has 1 saturated heterocycles. The van der Waals surface area contributed by atoms with Crippen molar-refractivity contribution in [2.75, 3.05) is 37.6 Å². The molecule has 0 bridgehead atoms. The van der Waals surface area contributed by atoms with Gasteiger partial charge < -0.3 is 26.4 Å². The number of aldehydes is 1. The number of nitrogens with two attached hydrogens (primary N) is 2. The highest BCUT2D eigenvalue weighted by atomic mass is 19.4. The van der Waals surface area contributed by atoms with Crippen LogP contribution >= 0.6 is 0 Å². The van der Waals surface area contributed by atoms with Gasteiger partial charge in [-0.1, -0.05) is 11.3 Å². The van der Waals surface area contributed by atoms with Gasteiger partial charge in [0.15, 0.2) is 6.29 Å². The number of aromatic nitrogens is 3. The number of benzene rings is 1. The van der Waals surface area contributed by atoms with E-state index in [-0.39, 0.29) is 24.0 Å². The van der Waals surface area contributed by atoms with Crippen LogP contribution in [0.4, 0.5) is 18.9 Å². The fraction of sp³-hybridized carbons (Fsp3) is 0.417. The Balaban J connectivity index is 1.36. The number of allylic oxidation sites excluding steroid dienone is 3. The van der Waals surface area contributed by atoms with Gasteiger partial charge in [0.2, 0.25) is 5.91 Å². The number of alkyl halides is 3. The zero-order valence-corrected chi connectivity index (χ0v) is 20.7. The number of unbranched alkanes of at least 4 members (excludes halogenated alkanes) is 1. The molecule has 1 aliphatic rings. The van der Waals surface area contributed by atoms with Crippen LogP contribution in [-0.2, 0) is 11.3 Å². The number of hydrogen-bond acceptors (Lipinski definition) is 9. The lowest BCUT2D eigenvalue weighted by Crippen LogP contribution is -2.49. The van der Waals surface area contributed by atoms with Crippen LogP contribution in [0.3, 0.4) is 0 Å². The Hall–Kier alpha value is -4.07. The van der Waals surface area contributed by atoms with E-state index in [0.717, 1.165) is 12.8 Å². The number of anilines is 1. The van der Waals surface area contributed by atoms with Gasteiger partial charge >= 0.3 is 6.36 Å². The van der Waals surface area contributed by atoms with Crippen LogP contribution in [0, 0.1) is 0 Å². The van der Waals surface area contributed by atoms with Crippen LogP contribution < -0.4 is 26.4 Å². The van der Waals surface area contributed by atoms with Gasteiger partial charge in [-0.15, -0.1) is 18.3 Å². The van der Waals surface area contributed by atoms with Gasteiger partial charge in [0, 0.05) is 50.2 Å². The highest BCUT2D eigenvalue weighted by Crippen LogP contribution is 2.27. The average molecular weight is 537 g/mol. The number of rotatable bonds is 12. The molecule has 0 radical (unpaired) electrons. The summed E-state index contributed by atoms with van der Waals surface area (Å²) in [6, 6.07) is 5.83. The third kappa shape index (κ3) is 9.76. The number of nitrogens with one attached hydrogen (secondary N) is 1. The molecule has 2 aromatic rings. The maximum absolute atomic E-state index is 12.5. The number of hydrogen-bond donors (Lipinski definition) is 3. The Morgan fingerprint density at radius 2 is 1.89 bits per heavy atom. The molecular weight excluding hydrogens is 505 g/mol. The smallest absolute Gasteiger partial charge is 0.406 e. The number of aryl methyl sites for hydroxylation is 1. The van der Waals surface area contributed by atoms with E-state index in [1.54, 1.807) is 23.0 Å². The number of carbonyl (C=O) groups excluding carboxylic acids is 2. The van der Waals surface area contributed by atoms with E-state index >= 15 is 0 Å². The molecule has 1 fully saturated rings. The van der Waals surface area contributed by atoms with Gasteiger partial charge in [-0.2, -0.15) is 0 Å². The highest BCUT2D eigenvalue weighted by molar-refractivity contribution is 5.79. The minimum absolute atomic E-state index is 0.132. The first-order valence-corrected chi connectivity index (χ1v) is 12.0. The van der Waals surface area contributed by atoms with E-state index < -0.39 is 6.36 Å². The lowest BCUT2D eigenvalue weighted by Gasteiger charge is -2.35. The topological polar surface area (TPSA) is 145 Å². The molecule has 3 rings (SSSR count). The van der Waals surface area contributed by atoms with Crippen molar-refractivity contribution in [2.45, 2.75) is 32.2 Å². The van der Waals surface area contributed by atoms with E-state index in [1.165, 1.54) is 24.3 Å². The van der Waals surface area contributed by atoms with Crippen LogP contribution in [0.5, 0.6) is 5.75 Å². The Bertz CT molecular complexity index is 1140. The molecule has 2 heterocycles. The lowest BCUT2D eigenvalue weighted by atomic mass is 10.2. The van der Waals surface area contributed by atoms with Crippen molar-refractivity contribution < 1.29 is 27.5 Å². The van der Waals surface area contributed by atoms with Gasteiger partial charge in [-0.3, -0.25) is 19.2 Å². The molecule has 14 heteroatoms. The quantitative estimate of drug-likeness (QED) is 0.210. The standard InChI is InChI=1S/C24H31F3N8O3/c25-24(26,27)38-21-6-3-5-20(14-21)34-12-10-33(11-13-34)16-23(37)30-22(29)8-7-18(28)4-1-2-9-35-15-19(17-36)31-32-35/h3,5-8,14-15,17H,1-2,4,9-13,16,28-29H2,(H,30,37)/b18-7-,22-8+. The normalized spacial score (nSPS) is 15.4. The first-order chi connectivity index (χ1) is 18.1. The molecule has 1 aromatic heterocycles. The number of nitrogens with zero attached hydrogens (tertiary/aromatic N) is 5. The molecule has 0 aliphatic carbocycles. The van der Waals surface area contributed by atoms with Crippen LogP contribution in [0.25, 0.3) is 0 Å². The van der Waals surface area contributed by atoms with Crippen LogP contribution in [0.15, 0.2) is 54.1 Å². The van der Waals surface area contributed by atoms with E-state index in [1.807, 2.05) is 9.80 Å². The third-order valence-corrected chi connectivity index (χ3v) is 5.70. The monoisotopic (exact) mass is 536 g/mol. The molecule has 206 valence electrons. The average Bonchev–Trinajstić information content (AvgIpc) is 3.33. The molecule has 0 saturated carbocycles. The Morgan fingerprint density at radius 1 is 1.13 bits per heavy atom. The van der Waals surface area contributed by atoms with Gasteiger partial charge in [-0.25, -0.2) is 0 Å². The summed E-state index contributed by atoms with van der Waals surface area (Å²) in [6.45, 7) is 2.95. The number of halogens is 3. The molecule has 0 atom stereocenters. The minimum Gasteiger partial charge on any atom is -0.406 e. The van der Waals surface area contributed by atoms with Crippen molar-refractivity contribution in [3.05, 3.63) is 59.8 Å². The zero-order valence-electron chi connectivity index (χ0n) is 20.7. The van der Waals surface area contributed by atoms with Crippen molar-refractivity contribution in [2.24, 2.45) is 11.5 Å². The van der Waals surface area contributed by atoms with Gasteiger partial charge in [0.1, 0.15) is 17.3 Å². The molecule has 1 aromatic carbocycles. The molecular formula is C24H31F3N8O3. The summed E-state index contributed by atoms with van der Waals surface area (Å²) in [7, 11) is 0. The first-order valence-electron chi connectivity index (χ1n) is 12.0.